The second kappa shape index (κ2) is 6.88. The maximum atomic E-state index is 6.19. The average molecular weight is 255 g/mol. The fourth-order valence-corrected chi connectivity index (χ4v) is 3.15. The highest BCUT2D eigenvalue weighted by atomic mass is 16.5. The van der Waals surface area contributed by atoms with Crippen LogP contribution in [0.4, 0.5) is 0 Å². The lowest BCUT2D eigenvalue weighted by Crippen LogP contribution is -2.44. The number of ether oxygens (including phenoxy) is 2. The van der Waals surface area contributed by atoms with Crippen LogP contribution in [0.2, 0.25) is 0 Å². The van der Waals surface area contributed by atoms with Gasteiger partial charge in [-0.2, -0.15) is 0 Å². The molecule has 4 unspecified atom stereocenters. The van der Waals surface area contributed by atoms with E-state index >= 15 is 0 Å². The minimum absolute atomic E-state index is 0.226. The van der Waals surface area contributed by atoms with Gasteiger partial charge in [0.2, 0.25) is 0 Å². The molecule has 0 bridgehead atoms. The molecule has 1 saturated carbocycles. The fourth-order valence-electron chi connectivity index (χ4n) is 3.15. The third-order valence-corrected chi connectivity index (χ3v) is 4.60. The minimum atomic E-state index is 0.226. The fraction of sp³-hybridized carbons (Fsp3) is 1.00. The van der Waals surface area contributed by atoms with Crippen LogP contribution in [-0.4, -0.2) is 31.5 Å². The summed E-state index contributed by atoms with van der Waals surface area (Å²) in [5, 5.41) is 0. The molecule has 2 N–H and O–H groups in total. The van der Waals surface area contributed by atoms with E-state index in [1.54, 1.807) is 0 Å². The van der Waals surface area contributed by atoms with E-state index in [9.17, 15) is 0 Å². The Bertz CT molecular complexity index is 239. The monoisotopic (exact) mass is 255 g/mol. The van der Waals surface area contributed by atoms with Gasteiger partial charge < -0.3 is 15.2 Å². The van der Waals surface area contributed by atoms with E-state index < -0.39 is 0 Å². The first-order valence-electron chi connectivity index (χ1n) is 7.65. The van der Waals surface area contributed by atoms with Gasteiger partial charge in [-0.05, 0) is 50.4 Å². The Morgan fingerprint density at radius 3 is 2.72 bits per heavy atom. The summed E-state index contributed by atoms with van der Waals surface area (Å²) in [4.78, 5) is 0. The molecular formula is C15H29NO2. The molecule has 0 aromatic carbocycles. The van der Waals surface area contributed by atoms with Gasteiger partial charge in [0, 0.05) is 12.6 Å². The lowest BCUT2D eigenvalue weighted by molar-refractivity contribution is -0.0814. The van der Waals surface area contributed by atoms with Crippen LogP contribution < -0.4 is 5.73 Å². The summed E-state index contributed by atoms with van der Waals surface area (Å²) in [7, 11) is 0. The van der Waals surface area contributed by atoms with Gasteiger partial charge in [-0.25, -0.2) is 0 Å². The molecule has 4 atom stereocenters. The maximum absolute atomic E-state index is 6.19. The average Bonchev–Trinajstić information content (AvgIpc) is 2.38. The Morgan fingerprint density at radius 2 is 2.06 bits per heavy atom. The maximum Gasteiger partial charge on any atom is 0.0808 e. The van der Waals surface area contributed by atoms with Crippen molar-refractivity contribution in [2.45, 2.75) is 70.6 Å². The zero-order valence-corrected chi connectivity index (χ0v) is 11.9. The Kier molecular flexibility index (Phi) is 5.46. The van der Waals surface area contributed by atoms with Crippen LogP contribution in [0.3, 0.4) is 0 Å². The van der Waals surface area contributed by atoms with E-state index in [2.05, 4.69) is 13.8 Å². The molecule has 0 aromatic rings. The molecule has 0 amide bonds. The lowest BCUT2D eigenvalue weighted by atomic mass is 9.78. The Balaban J connectivity index is 1.75. The first-order valence-corrected chi connectivity index (χ1v) is 7.65. The summed E-state index contributed by atoms with van der Waals surface area (Å²) in [6.07, 6.45) is 7.69. The summed E-state index contributed by atoms with van der Waals surface area (Å²) >= 11 is 0. The summed E-state index contributed by atoms with van der Waals surface area (Å²) in [5.74, 6) is 1.52. The van der Waals surface area contributed by atoms with Crippen molar-refractivity contribution in [3.05, 3.63) is 0 Å². The van der Waals surface area contributed by atoms with Gasteiger partial charge in [0.15, 0.2) is 0 Å². The van der Waals surface area contributed by atoms with Crippen molar-refractivity contribution in [2.75, 3.05) is 13.2 Å². The molecule has 0 spiro atoms. The van der Waals surface area contributed by atoms with Crippen molar-refractivity contribution >= 4 is 0 Å². The van der Waals surface area contributed by atoms with Crippen molar-refractivity contribution < 1.29 is 9.47 Å². The molecule has 2 fully saturated rings. The first-order chi connectivity index (χ1) is 8.66. The van der Waals surface area contributed by atoms with Gasteiger partial charge in [-0.1, -0.05) is 13.8 Å². The molecule has 1 heterocycles. The molecule has 18 heavy (non-hydrogen) atoms. The molecule has 3 nitrogen and oxygen atoms in total. The van der Waals surface area contributed by atoms with Crippen LogP contribution in [0, 0.1) is 11.8 Å². The van der Waals surface area contributed by atoms with Crippen LogP contribution in [0.1, 0.15) is 52.4 Å². The summed E-state index contributed by atoms with van der Waals surface area (Å²) in [5.41, 5.74) is 6.19. The van der Waals surface area contributed by atoms with E-state index in [4.69, 9.17) is 15.2 Å². The number of hydrogen-bond acceptors (Lipinski definition) is 3. The smallest absolute Gasteiger partial charge is 0.0808 e. The first kappa shape index (κ1) is 14.3. The molecule has 3 heteroatoms. The predicted molar refractivity (Wildman–Crippen MR) is 73.5 cm³/mol. The van der Waals surface area contributed by atoms with Crippen molar-refractivity contribution in [3.8, 4) is 0 Å². The van der Waals surface area contributed by atoms with Gasteiger partial charge in [0.1, 0.15) is 0 Å². The minimum Gasteiger partial charge on any atom is -0.376 e. The Morgan fingerprint density at radius 1 is 1.22 bits per heavy atom. The molecule has 2 rings (SSSR count). The highest BCUT2D eigenvalue weighted by molar-refractivity contribution is 4.85. The van der Waals surface area contributed by atoms with E-state index in [0.717, 1.165) is 44.3 Å². The van der Waals surface area contributed by atoms with Gasteiger partial charge in [-0.3, -0.25) is 0 Å². The zero-order valence-electron chi connectivity index (χ0n) is 11.9. The molecule has 1 saturated heterocycles. The van der Waals surface area contributed by atoms with Crippen LogP contribution in [0.25, 0.3) is 0 Å². The molecule has 1 aliphatic heterocycles. The summed E-state index contributed by atoms with van der Waals surface area (Å²) in [6, 6.07) is 0.226. The van der Waals surface area contributed by atoms with E-state index in [1.807, 2.05) is 0 Å². The summed E-state index contributed by atoms with van der Waals surface area (Å²) in [6.45, 7) is 6.26. The molecule has 0 radical (unpaired) electrons. The quantitative estimate of drug-likeness (QED) is 0.840. The number of hydrogen-bond donors (Lipinski definition) is 1. The largest absolute Gasteiger partial charge is 0.376 e. The highest BCUT2D eigenvalue weighted by Gasteiger charge is 2.31. The van der Waals surface area contributed by atoms with Gasteiger partial charge in [-0.15, -0.1) is 0 Å². The molecular weight excluding hydrogens is 226 g/mol. The van der Waals surface area contributed by atoms with Crippen LogP contribution in [-0.2, 0) is 9.47 Å². The van der Waals surface area contributed by atoms with E-state index in [-0.39, 0.29) is 12.1 Å². The second-order valence-electron chi connectivity index (χ2n) is 6.34. The zero-order chi connectivity index (χ0) is 13.0. The normalized spacial score (nSPS) is 38.0. The van der Waals surface area contributed by atoms with E-state index in [0.29, 0.717) is 6.10 Å². The van der Waals surface area contributed by atoms with Gasteiger partial charge in [0.05, 0.1) is 18.8 Å². The van der Waals surface area contributed by atoms with Crippen molar-refractivity contribution in [1.29, 1.82) is 0 Å². The Labute approximate surface area is 111 Å². The highest BCUT2D eigenvalue weighted by Crippen LogP contribution is 2.31. The van der Waals surface area contributed by atoms with Crippen LogP contribution in [0.5, 0.6) is 0 Å². The lowest BCUT2D eigenvalue weighted by Gasteiger charge is -2.36. The summed E-state index contributed by atoms with van der Waals surface area (Å²) < 4.78 is 11.8. The molecule has 106 valence electrons. The number of rotatable bonds is 4. The number of nitrogens with two attached hydrogens (primary N) is 1. The third-order valence-electron chi connectivity index (χ3n) is 4.60. The van der Waals surface area contributed by atoms with E-state index in [1.165, 1.54) is 19.3 Å². The third kappa shape index (κ3) is 3.94. The standard InChI is InChI=1S/C15H29NO2/c1-11(2)12-6-7-14(16)15(9-12)18-10-13-5-3-4-8-17-13/h11-15H,3-10,16H2,1-2H3. The molecule has 2 aliphatic rings. The van der Waals surface area contributed by atoms with Gasteiger partial charge in [0.25, 0.3) is 0 Å². The Hall–Kier alpha value is -0.120. The topological polar surface area (TPSA) is 44.5 Å². The molecule has 1 aliphatic carbocycles. The van der Waals surface area contributed by atoms with Crippen LogP contribution in [0.15, 0.2) is 0 Å². The van der Waals surface area contributed by atoms with Crippen LogP contribution >= 0.6 is 0 Å². The second-order valence-corrected chi connectivity index (χ2v) is 6.34. The van der Waals surface area contributed by atoms with Crippen molar-refractivity contribution in [3.63, 3.8) is 0 Å². The van der Waals surface area contributed by atoms with Gasteiger partial charge >= 0.3 is 0 Å². The SMILES string of the molecule is CC(C)C1CCC(N)C(OCC2CCCCO2)C1. The predicted octanol–water partition coefficient (Wildman–Crippen LogP) is 2.72. The molecule has 0 aromatic heterocycles. The van der Waals surface area contributed by atoms with Crippen molar-refractivity contribution in [2.24, 2.45) is 17.6 Å². The van der Waals surface area contributed by atoms with Crippen molar-refractivity contribution in [1.82, 2.24) is 0 Å².